The largest absolute Gasteiger partial charge is 0.481 e. The van der Waals surface area contributed by atoms with Crippen molar-refractivity contribution in [3.8, 4) is 0 Å². The lowest BCUT2D eigenvalue weighted by Gasteiger charge is -2.24. The molecular weight excluding hydrogens is 232 g/mol. The van der Waals surface area contributed by atoms with E-state index in [2.05, 4.69) is 11.8 Å². The Morgan fingerprint density at radius 1 is 1.44 bits per heavy atom. The number of nitrogens with zero attached hydrogens (tertiary/aromatic N) is 2. The molecule has 5 nitrogen and oxygen atoms in total. The minimum absolute atomic E-state index is 0.0183. The zero-order chi connectivity index (χ0) is 13.1. The van der Waals surface area contributed by atoms with Crippen molar-refractivity contribution in [1.29, 1.82) is 0 Å². The molecule has 2 fully saturated rings. The van der Waals surface area contributed by atoms with Crippen LogP contribution >= 0.6 is 0 Å². The molecule has 0 aromatic carbocycles. The van der Waals surface area contributed by atoms with E-state index in [0.717, 1.165) is 26.1 Å². The number of likely N-dealkylation sites (tertiary alicyclic amines) is 2. The third-order valence-corrected chi connectivity index (χ3v) is 4.02. The van der Waals surface area contributed by atoms with E-state index in [4.69, 9.17) is 5.11 Å². The lowest BCUT2D eigenvalue weighted by molar-refractivity contribution is -0.141. The highest BCUT2D eigenvalue weighted by molar-refractivity contribution is 5.86. The first-order valence-electron chi connectivity index (χ1n) is 6.86. The van der Waals surface area contributed by atoms with Crippen LogP contribution in [0.25, 0.3) is 0 Å². The molecule has 2 aliphatic heterocycles. The maximum absolute atomic E-state index is 11.8. The fourth-order valence-electron chi connectivity index (χ4n) is 2.90. The second-order valence-corrected chi connectivity index (χ2v) is 5.38. The Bertz CT molecular complexity index is 332. The van der Waals surface area contributed by atoms with E-state index >= 15 is 0 Å². The van der Waals surface area contributed by atoms with Crippen LogP contribution in [0.1, 0.15) is 32.6 Å². The topological polar surface area (TPSA) is 60.9 Å². The number of hydrogen-bond acceptors (Lipinski definition) is 3. The molecular formula is C13H22N2O3. The molecule has 2 rings (SSSR count). The third kappa shape index (κ3) is 2.83. The summed E-state index contributed by atoms with van der Waals surface area (Å²) in [6, 6.07) is 0.235. The molecule has 0 bridgehead atoms. The van der Waals surface area contributed by atoms with Crippen LogP contribution in [-0.2, 0) is 9.59 Å². The Morgan fingerprint density at radius 2 is 2.22 bits per heavy atom. The van der Waals surface area contributed by atoms with Crippen LogP contribution in [0, 0.1) is 5.92 Å². The van der Waals surface area contributed by atoms with Crippen molar-refractivity contribution in [1.82, 2.24) is 9.80 Å². The summed E-state index contributed by atoms with van der Waals surface area (Å²) in [6.07, 6.45) is 3.55. The van der Waals surface area contributed by atoms with Gasteiger partial charge in [-0.3, -0.25) is 9.59 Å². The van der Waals surface area contributed by atoms with Gasteiger partial charge in [0.15, 0.2) is 0 Å². The fourth-order valence-corrected chi connectivity index (χ4v) is 2.90. The summed E-state index contributed by atoms with van der Waals surface area (Å²) in [7, 11) is 0. The third-order valence-electron chi connectivity index (χ3n) is 4.02. The van der Waals surface area contributed by atoms with Gasteiger partial charge in [-0.15, -0.1) is 0 Å². The highest BCUT2D eigenvalue weighted by atomic mass is 16.4. The molecule has 2 aliphatic rings. The summed E-state index contributed by atoms with van der Waals surface area (Å²) in [6.45, 7) is 5.62. The van der Waals surface area contributed by atoms with Crippen molar-refractivity contribution in [2.45, 2.75) is 38.6 Å². The number of rotatable bonds is 5. The van der Waals surface area contributed by atoms with Crippen molar-refractivity contribution < 1.29 is 14.7 Å². The van der Waals surface area contributed by atoms with Gasteiger partial charge in [0.1, 0.15) is 0 Å². The monoisotopic (exact) mass is 254 g/mol. The molecule has 0 aliphatic carbocycles. The molecule has 0 aromatic heterocycles. The number of amides is 1. The van der Waals surface area contributed by atoms with E-state index in [0.29, 0.717) is 6.54 Å². The van der Waals surface area contributed by atoms with Crippen LogP contribution < -0.4 is 0 Å². The second kappa shape index (κ2) is 5.69. The Balaban J connectivity index is 1.86. The molecule has 0 spiro atoms. The average molecular weight is 254 g/mol. The molecule has 102 valence electrons. The van der Waals surface area contributed by atoms with E-state index in [1.807, 2.05) is 0 Å². The van der Waals surface area contributed by atoms with Crippen LogP contribution in [-0.4, -0.2) is 59.0 Å². The number of carbonyl (C=O) groups excluding carboxylic acids is 1. The van der Waals surface area contributed by atoms with E-state index in [1.54, 1.807) is 4.90 Å². The number of unbranched alkanes of at least 4 members (excludes halogenated alkanes) is 1. The van der Waals surface area contributed by atoms with Crippen LogP contribution in [0.5, 0.6) is 0 Å². The van der Waals surface area contributed by atoms with E-state index in [-0.39, 0.29) is 18.4 Å². The van der Waals surface area contributed by atoms with Gasteiger partial charge in [-0.2, -0.15) is 0 Å². The highest BCUT2D eigenvalue weighted by Crippen LogP contribution is 2.25. The summed E-state index contributed by atoms with van der Waals surface area (Å²) in [5.74, 6) is -1.32. The molecule has 2 heterocycles. The van der Waals surface area contributed by atoms with Gasteiger partial charge in [0, 0.05) is 32.1 Å². The molecule has 2 saturated heterocycles. The Morgan fingerprint density at radius 3 is 2.83 bits per heavy atom. The first-order valence-corrected chi connectivity index (χ1v) is 6.86. The quantitative estimate of drug-likeness (QED) is 0.788. The number of carboxylic acids is 1. The van der Waals surface area contributed by atoms with Gasteiger partial charge in [-0.05, 0) is 19.4 Å². The van der Waals surface area contributed by atoms with Crippen LogP contribution in [0.15, 0.2) is 0 Å². The van der Waals surface area contributed by atoms with Gasteiger partial charge in [-0.25, -0.2) is 0 Å². The van der Waals surface area contributed by atoms with Crippen LogP contribution in [0.4, 0.5) is 0 Å². The minimum atomic E-state index is -0.841. The molecule has 1 N–H and O–H groups in total. The lowest BCUT2D eigenvalue weighted by atomic mass is 10.1. The summed E-state index contributed by atoms with van der Waals surface area (Å²) in [4.78, 5) is 26.9. The second-order valence-electron chi connectivity index (χ2n) is 5.38. The van der Waals surface area contributed by atoms with Crippen molar-refractivity contribution in [2.75, 3.05) is 26.2 Å². The normalized spacial score (nSPS) is 29.2. The van der Waals surface area contributed by atoms with Gasteiger partial charge in [0.05, 0.1) is 5.92 Å². The van der Waals surface area contributed by atoms with Gasteiger partial charge in [-0.1, -0.05) is 13.3 Å². The van der Waals surface area contributed by atoms with Gasteiger partial charge >= 0.3 is 5.97 Å². The zero-order valence-electron chi connectivity index (χ0n) is 11.0. The first kappa shape index (κ1) is 13.3. The Hall–Kier alpha value is -1.10. The summed E-state index contributed by atoms with van der Waals surface area (Å²) >= 11 is 0. The molecule has 0 saturated carbocycles. The van der Waals surface area contributed by atoms with Crippen molar-refractivity contribution >= 4 is 11.9 Å². The van der Waals surface area contributed by atoms with Gasteiger partial charge in [0.25, 0.3) is 0 Å². The molecule has 1 amide bonds. The predicted molar refractivity (Wildman–Crippen MR) is 67.2 cm³/mol. The van der Waals surface area contributed by atoms with Crippen molar-refractivity contribution in [3.63, 3.8) is 0 Å². The van der Waals surface area contributed by atoms with E-state index in [1.165, 1.54) is 12.8 Å². The summed E-state index contributed by atoms with van der Waals surface area (Å²) in [5.41, 5.74) is 0. The highest BCUT2D eigenvalue weighted by Gasteiger charge is 2.39. The first-order chi connectivity index (χ1) is 8.61. The number of carboxylic acid groups (broad SMARTS) is 1. The Labute approximate surface area is 108 Å². The summed E-state index contributed by atoms with van der Waals surface area (Å²) < 4.78 is 0. The van der Waals surface area contributed by atoms with Gasteiger partial charge in [0.2, 0.25) is 5.91 Å². The number of hydrogen-bond donors (Lipinski definition) is 1. The van der Waals surface area contributed by atoms with Gasteiger partial charge < -0.3 is 14.9 Å². The smallest absolute Gasteiger partial charge is 0.308 e. The molecule has 2 atom stereocenters. The van der Waals surface area contributed by atoms with Crippen molar-refractivity contribution in [3.05, 3.63) is 0 Å². The van der Waals surface area contributed by atoms with Crippen LogP contribution in [0.3, 0.4) is 0 Å². The average Bonchev–Trinajstić information content (AvgIpc) is 2.92. The van der Waals surface area contributed by atoms with E-state index < -0.39 is 11.9 Å². The molecule has 0 aromatic rings. The molecule has 2 unspecified atom stereocenters. The standard InChI is InChI=1S/C13H22N2O3/c1-2-3-5-14-6-4-11(9-14)15-8-10(13(17)18)7-12(15)16/h10-11H,2-9H2,1H3,(H,17,18). The van der Waals surface area contributed by atoms with Crippen LogP contribution in [0.2, 0.25) is 0 Å². The van der Waals surface area contributed by atoms with E-state index in [9.17, 15) is 9.59 Å². The predicted octanol–water partition coefficient (Wildman–Crippen LogP) is 0.794. The minimum Gasteiger partial charge on any atom is -0.481 e. The summed E-state index contributed by atoms with van der Waals surface area (Å²) in [5, 5.41) is 8.97. The number of aliphatic carboxylic acids is 1. The zero-order valence-corrected chi connectivity index (χ0v) is 11.0. The SMILES string of the molecule is CCCCN1CCC(N2CC(C(=O)O)CC2=O)C1. The number of carbonyl (C=O) groups is 2. The molecule has 18 heavy (non-hydrogen) atoms. The van der Waals surface area contributed by atoms with Crippen molar-refractivity contribution in [2.24, 2.45) is 5.92 Å². The lowest BCUT2D eigenvalue weighted by Crippen LogP contribution is -2.39. The molecule has 0 radical (unpaired) electrons. The molecule has 5 heteroatoms. The Kier molecular flexibility index (Phi) is 4.22. The fraction of sp³-hybridized carbons (Fsp3) is 0.846. The maximum atomic E-state index is 11.8. The maximum Gasteiger partial charge on any atom is 0.308 e.